The molecule has 2 heteroatoms. The summed E-state index contributed by atoms with van der Waals surface area (Å²) in [4.78, 5) is 0. The van der Waals surface area contributed by atoms with Crippen LogP contribution in [0.5, 0.6) is 0 Å². The lowest BCUT2D eigenvalue weighted by molar-refractivity contribution is -0.206. The fraction of sp³-hybridized carbons (Fsp3) is 0.636. The smallest absolute Gasteiger partial charge is 0.183 e. The summed E-state index contributed by atoms with van der Waals surface area (Å²) in [6.07, 6.45) is 16.1. The highest BCUT2D eigenvalue weighted by atomic mass is 16.7. The third kappa shape index (κ3) is 7.43. The average molecular weight is 477 g/mol. The molecule has 0 atom stereocenters. The van der Waals surface area contributed by atoms with Crippen LogP contribution in [0.1, 0.15) is 120 Å². The van der Waals surface area contributed by atoms with Crippen LogP contribution in [0, 0.1) is 18.8 Å². The Morgan fingerprint density at radius 1 is 0.686 bits per heavy atom. The number of aryl methyl sites for hydroxylation is 1. The van der Waals surface area contributed by atoms with Gasteiger partial charge in [-0.2, -0.15) is 0 Å². The zero-order valence-corrected chi connectivity index (χ0v) is 22.6. The van der Waals surface area contributed by atoms with Crippen LogP contribution in [0.2, 0.25) is 0 Å². The maximum absolute atomic E-state index is 6.07. The SMILES string of the molecule is CCCCCC1COC(c2ccc(-c3ccc([C@H]4CC[C@H](CCCCC)CC4)cc3C)cc2)OC1. The standard InChI is InChI=1S/C33H48O2/c1-4-6-8-10-26-12-14-28(15-13-26)31-20-21-32(25(3)22-31)29-16-18-30(19-17-29)33-34-23-27(24-35-33)11-9-7-5-2/h16-22,26-28,33H,4-15,23-24H2,1-3H3/t26-,27?,28-,33?. The van der Waals surface area contributed by atoms with E-state index in [1.54, 1.807) is 5.56 Å². The molecule has 0 spiro atoms. The predicted molar refractivity (Wildman–Crippen MR) is 148 cm³/mol. The number of unbranched alkanes of at least 4 members (excludes halogenated alkanes) is 4. The Morgan fingerprint density at radius 3 is 1.89 bits per heavy atom. The number of benzene rings is 2. The normalized spacial score (nSPS) is 25.0. The fourth-order valence-electron chi connectivity index (χ4n) is 6.14. The Morgan fingerprint density at radius 2 is 1.29 bits per heavy atom. The van der Waals surface area contributed by atoms with E-state index in [-0.39, 0.29) is 6.29 Å². The molecule has 35 heavy (non-hydrogen) atoms. The molecule has 1 aliphatic carbocycles. The van der Waals surface area contributed by atoms with Crippen molar-refractivity contribution < 1.29 is 9.47 Å². The summed E-state index contributed by atoms with van der Waals surface area (Å²) in [5.74, 6) is 2.27. The van der Waals surface area contributed by atoms with Crippen molar-refractivity contribution in [1.82, 2.24) is 0 Å². The second-order valence-corrected chi connectivity index (χ2v) is 11.3. The molecule has 0 radical (unpaired) electrons. The molecule has 2 aromatic carbocycles. The van der Waals surface area contributed by atoms with Gasteiger partial charge in [0.05, 0.1) is 13.2 Å². The Hall–Kier alpha value is -1.64. The number of rotatable bonds is 11. The van der Waals surface area contributed by atoms with Crippen LogP contribution in [0.15, 0.2) is 42.5 Å². The lowest BCUT2D eigenvalue weighted by Crippen LogP contribution is -2.27. The molecule has 1 aliphatic heterocycles. The van der Waals surface area contributed by atoms with Crippen molar-refractivity contribution in [3.05, 3.63) is 59.2 Å². The molecule has 4 rings (SSSR count). The van der Waals surface area contributed by atoms with Crippen molar-refractivity contribution in [1.29, 1.82) is 0 Å². The van der Waals surface area contributed by atoms with E-state index in [4.69, 9.17) is 9.47 Å². The van der Waals surface area contributed by atoms with Gasteiger partial charge < -0.3 is 9.47 Å². The summed E-state index contributed by atoms with van der Waals surface area (Å²) in [6.45, 7) is 8.47. The summed E-state index contributed by atoms with van der Waals surface area (Å²) in [6, 6.07) is 16.0. The molecular formula is C33H48O2. The van der Waals surface area contributed by atoms with E-state index < -0.39 is 0 Å². The summed E-state index contributed by atoms with van der Waals surface area (Å²) in [5.41, 5.74) is 6.69. The molecule has 0 bridgehead atoms. The van der Waals surface area contributed by atoms with Crippen LogP contribution in [0.4, 0.5) is 0 Å². The van der Waals surface area contributed by atoms with E-state index in [9.17, 15) is 0 Å². The van der Waals surface area contributed by atoms with E-state index >= 15 is 0 Å². The minimum absolute atomic E-state index is 0.216. The van der Waals surface area contributed by atoms with Crippen LogP contribution in [-0.4, -0.2) is 13.2 Å². The van der Waals surface area contributed by atoms with Crippen molar-refractivity contribution in [2.24, 2.45) is 11.8 Å². The topological polar surface area (TPSA) is 18.5 Å². The summed E-state index contributed by atoms with van der Waals surface area (Å²) >= 11 is 0. The summed E-state index contributed by atoms with van der Waals surface area (Å²) < 4.78 is 12.1. The molecule has 0 unspecified atom stereocenters. The van der Waals surface area contributed by atoms with Crippen LogP contribution < -0.4 is 0 Å². The summed E-state index contributed by atoms with van der Waals surface area (Å²) in [5, 5.41) is 0. The minimum Gasteiger partial charge on any atom is -0.348 e. The van der Waals surface area contributed by atoms with Crippen molar-refractivity contribution in [2.45, 2.75) is 110 Å². The van der Waals surface area contributed by atoms with Crippen LogP contribution in [0.3, 0.4) is 0 Å². The molecule has 2 fully saturated rings. The second-order valence-electron chi connectivity index (χ2n) is 11.3. The van der Waals surface area contributed by atoms with Crippen LogP contribution >= 0.6 is 0 Å². The van der Waals surface area contributed by atoms with Gasteiger partial charge in [-0.25, -0.2) is 0 Å². The molecule has 2 aromatic rings. The average Bonchev–Trinajstić information content (AvgIpc) is 2.90. The molecule has 0 aromatic heterocycles. The van der Waals surface area contributed by atoms with Gasteiger partial charge in [-0.1, -0.05) is 101 Å². The highest BCUT2D eigenvalue weighted by Gasteiger charge is 2.24. The lowest BCUT2D eigenvalue weighted by atomic mass is 9.76. The van der Waals surface area contributed by atoms with Gasteiger partial charge in [0.15, 0.2) is 6.29 Å². The molecular weight excluding hydrogens is 428 g/mol. The van der Waals surface area contributed by atoms with Gasteiger partial charge in [-0.05, 0) is 73.1 Å². The molecule has 1 saturated carbocycles. The number of ether oxygens (including phenoxy) is 2. The monoisotopic (exact) mass is 476 g/mol. The van der Waals surface area contributed by atoms with Gasteiger partial charge in [0, 0.05) is 11.5 Å². The van der Waals surface area contributed by atoms with Crippen molar-refractivity contribution in [3.63, 3.8) is 0 Å². The van der Waals surface area contributed by atoms with Gasteiger partial charge in [0.25, 0.3) is 0 Å². The van der Waals surface area contributed by atoms with Crippen molar-refractivity contribution in [3.8, 4) is 11.1 Å². The fourth-order valence-corrected chi connectivity index (χ4v) is 6.14. The predicted octanol–water partition coefficient (Wildman–Crippen LogP) is 9.76. The molecule has 1 saturated heterocycles. The van der Waals surface area contributed by atoms with Gasteiger partial charge in [0.2, 0.25) is 0 Å². The van der Waals surface area contributed by atoms with Crippen LogP contribution in [0.25, 0.3) is 11.1 Å². The third-order valence-corrected chi connectivity index (χ3v) is 8.46. The third-order valence-electron chi connectivity index (χ3n) is 8.46. The maximum atomic E-state index is 6.07. The van der Waals surface area contributed by atoms with Gasteiger partial charge in [-0.15, -0.1) is 0 Å². The number of hydrogen-bond donors (Lipinski definition) is 0. The first-order chi connectivity index (χ1) is 17.2. The van der Waals surface area contributed by atoms with Gasteiger partial charge in [0.1, 0.15) is 0 Å². The van der Waals surface area contributed by atoms with Crippen LogP contribution in [-0.2, 0) is 9.47 Å². The first-order valence-corrected chi connectivity index (χ1v) is 14.6. The van der Waals surface area contributed by atoms with Gasteiger partial charge >= 0.3 is 0 Å². The molecule has 2 aliphatic rings. The molecule has 1 heterocycles. The highest BCUT2D eigenvalue weighted by Crippen LogP contribution is 2.39. The zero-order chi connectivity index (χ0) is 24.5. The lowest BCUT2D eigenvalue weighted by Gasteiger charge is -2.30. The molecule has 0 amide bonds. The molecule has 2 nitrogen and oxygen atoms in total. The van der Waals surface area contributed by atoms with E-state index in [2.05, 4.69) is 63.2 Å². The van der Waals surface area contributed by atoms with E-state index in [1.807, 2.05) is 0 Å². The maximum Gasteiger partial charge on any atom is 0.183 e. The summed E-state index contributed by atoms with van der Waals surface area (Å²) in [7, 11) is 0. The Labute approximate surface area is 214 Å². The van der Waals surface area contributed by atoms with E-state index in [0.717, 1.165) is 30.6 Å². The van der Waals surface area contributed by atoms with E-state index in [0.29, 0.717) is 5.92 Å². The number of hydrogen-bond acceptors (Lipinski definition) is 2. The van der Waals surface area contributed by atoms with Crippen molar-refractivity contribution in [2.75, 3.05) is 13.2 Å². The Balaban J connectivity index is 1.30. The highest BCUT2D eigenvalue weighted by molar-refractivity contribution is 5.68. The largest absolute Gasteiger partial charge is 0.348 e. The zero-order valence-electron chi connectivity index (χ0n) is 22.6. The Kier molecular flexibility index (Phi) is 10.3. The van der Waals surface area contributed by atoms with Crippen molar-refractivity contribution >= 4 is 0 Å². The first-order valence-electron chi connectivity index (χ1n) is 14.6. The Bertz CT molecular complexity index is 870. The quantitative estimate of drug-likeness (QED) is 0.300. The second kappa shape index (κ2) is 13.6. The molecule has 0 N–H and O–H groups in total. The minimum atomic E-state index is -0.216. The molecule has 192 valence electrons. The van der Waals surface area contributed by atoms with Gasteiger partial charge in [-0.3, -0.25) is 0 Å². The first kappa shape index (κ1) is 26.4. The van der Waals surface area contributed by atoms with E-state index in [1.165, 1.54) is 93.7 Å².